The van der Waals surface area contributed by atoms with Crippen molar-refractivity contribution in [1.82, 2.24) is 0 Å². The molecule has 3 aromatic rings. The summed E-state index contributed by atoms with van der Waals surface area (Å²) in [7, 11) is 0. The zero-order valence-electron chi connectivity index (χ0n) is 25.1. The average molecular weight is 563 g/mol. The third-order valence-corrected chi connectivity index (χ3v) is 6.69. The Bertz CT molecular complexity index is 1280. The lowest BCUT2D eigenvalue weighted by Gasteiger charge is -2.20. The van der Waals surface area contributed by atoms with Gasteiger partial charge in [-0.15, -0.1) is 0 Å². The minimum Gasteiger partial charge on any atom is -0.462 e. The highest BCUT2D eigenvalue weighted by molar-refractivity contribution is 5.94. The predicted octanol–water partition coefficient (Wildman–Crippen LogP) is 8.59. The number of nitrogens with one attached hydrogen (secondary N) is 2. The normalized spacial score (nSPS) is 11.3. The standard InChI is InChI=1S/C34H46N2O5/c1-5-6-7-8-9-10-11-12-17-40-32(38)29-20-30(22-31(21-29)36-33(39)41-34(2,3)4)35-23-25-13-15-27-16-14-26(24-37)19-28(27)18-25/h13-16,18-22,35,37H,5-12,17,23-24H2,1-4H3,(H,36,39). The van der Waals surface area contributed by atoms with Crippen molar-refractivity contribution in [2.24, 2.45) is 0 Å². The van der Waals surface area contributed by atoms with Crippen molar-refractivity contribution in [3.05, 3.63) is 71.3 Å². The smallest absolute Gasteiger partial charge is 0.412 e. The third-order valence-electron chi connectivity index (χ3n) is 6.69. The van der Waals surface area contributed by atoms with E-state index >= 15 is 0 Å². The monoisotopic (exact) mass is 562 g/mol. The van der Waals surface area contributed by atoms with Gasteiger partial charge in [0, 0.05) is 17.9 Å². The molecule has 3 aromatic carbocycles. The second kappa shape index (κ2) is 16.0. The van der Waals surface area contributed by atoms with E-state index in [1.165, 1.54) is 32.1 Å². The molecular formula is C34H46N2O5. The summed E-state index contributed by atoms with van der Waals surface area (Å²) in [6, 6.07) is 17.2. The number of anilines is 2. The first-order chi connectivity index (χ1) is 19.7. The molecule has 0 saturated carbocycles. The summed E-state index contributed by atoms with van der Waals surface area (Å²) < 4.78 is 11.0. The van der Waals surface area contributed by atoms with Gasteiger partial charge < -0.3 is 19.9 Å². The summed E-state index contributed by atoms with van der Waals surface area (Å²) in [6.45, 7) is 8.47. The maximum Gasteiger partial charge on any atom is 0.412 e. The fraction of sp³-hybridized carbons (Fsp3) is 0.471. The largest absolute Gasteiger partial charge is 0.462 e. The molecule has 0 radical (unpaired) electrons. The van der Waals surface area contributed by atoms with Crippen molar-refractivity contribution in [2.75, 3.05) is 17.2 Å². The number of fused-ring (bicyclic) bond motifs is 1. The average Bonchev–Trinajstić information content (AvgIpc) is 2.93. The van der Waals surface area contributed by atoms with Crippen molar-refractivity contribution >= 4 is 34.2 Å². The van der Waals surface area contributed by atoms with Crippen LogP contribution in [0.15, 0.2) is 54.6 Å². The van der Waals surface area contributed by atoms with Gasteiger partial charge in [0.15, 0.2) is 0 Å². The first kappa shape index (κ1) is 31.9. The third kappa shape index (κ3) is 11.4. The van der Waals surface area contributed by atoms with Gasteiger partial charge in [0.1, 0.15) is 5.60 Å². The van der Waals surface area contributed by atoms with Gasteiger partial charge in [-0.1, -0.05) is 76.1 Å². The van der Waals surface area contributed by atoms with E-state index in [9.17, 15) is 14.7 Å². The molecule has 222 valence electrons. The van der Waals surface area contributed by atoms with Crippen LogP contribution < -0.4 is 10.6 Å². The second-order valence-electron chi connectivity index (χ2n) is 11.6. The number of carbonyl (C=O) groups excluding carboxylic acids is 2. The quantitative estimate of drug-likeness (QED) is 0.127. The highest BCUT2D eigenvalue weighted by atomic mass is 16.6. The van der Waals surface area contributed by atoms with Gasteiger partial charge in [0.25, 0.3) is 0 Å². The van der Waals surface area contributed by atoms with Crippen LogP contribution in [-0.2, 0) is 22.6 Å². The van der Waals surface area contributed by atoms with Crippen molar-refractivity contribution in [1.29, 1.82) is 0 Å². The number of rotatable bonds is 15. The van der Waals surface area contributed by atoms with Gasteiger partial charge >= 0.3 is 12.1 Å². The van der Waals surface area contributed by atoms with Crippen LogP contribution in [0.4, 0.5) is 16.2 Å². The number of aliphatic hydroxyl groups is 1. The molecule has 3 N–H and O–H groups in total. The van der Waals surface area contributed by atoms with E-state index in [2.05, 4.69) is 23.6 Å². The first-order valence-corrected chi connectivity index (χ1v) is 14.9. The minimum absolute atomic E-state index is 0.00617. The number of unbranched alkanes of at least 4 members (excludes halogenated alkanes) is 7. The lowest BCUT2D eigenvalue weighted by atomic mass is 10.0. The van der Waals surface area contributed by atoms with Gasteiger partial charge in [-0.2, -0.15) is 0 Å². The maximum atomic E-state index is 12.9. The fourth-order valence-electron chi connectivity index (χ4n) is 4.58. The number of hydrogen-bond donors (Lipinski definition) is 3. The van der Waals surface area contributed by atoms with Crippen LogP contribution in [0.25, 0.3) is 10.8 Å². The number of benzene rings is 3. The Morgan fingerprint density at radius 1 is 0.780 bits per heavy atom. The van der Waals surface area contributed by atoms with Gasteiger partial charge in [-0.3, -0.25) is 5.32 Å². The van der Waals surface area contributed by atoms with Gasteiger partial charge in [-0.25, -0.2) is 9.59 Å². The predicted molar refractivity (Wildman–Crippen MR) is 166 cm³/mol. The van der Waals surface area contributed by atoms with E-state index in [1.54, 1.807) is 39.0 Å². The minimum atomic E-state index is -0.649. The molecule has 41 heavy (non-hydrogen) atoms. The molecule has 0 atom stereocenters. The summed E-state index contributed by atoms with van der Waals surface area (Å²) >= 11 is 0. The summed E-state index contributed by atoms with van der Waals surface area (Å²) in [6.07, 6.45) is 8.76. The Labute approximate surface area is 244 Å². The topological polar surface area (TPSA) is 96.9 Å². The Kier molecular flexibility index (Phi) is 12.5. The molecule has 0 spiro atoms. The molecule has 3 rings (SSSR count). The van der Waals surface area contributed by atoms with E-state index in [-0.39, 0.29) is 6.61 Å². The number of aliphatic hydroxyl groups excluding tert-OH is 1. The second-order valence-corrected chi connectivity index (χ2v) is 11.6. The molecule has 0 aliphatic heterocycles. The molecule has 1 amide bonds. The molecule has 0 bridgehead atoms. The van der Waals surface area contributed by atoms with Gasteiger partial charge in [0.05, 0.1) is 18.8 Å². The van der Waals surface area contributed by atoms with Crippen LogP contribution in [0, 0.1) is 0 Å². The molecular weight excluding hydrogens is 516 g/mol. The van der Waals surface area contributed by atoms with E-state index in [0.29, 0.717) is 30.1 Å². The summed E-state index contributed by atoms with van der Waals surface area (Å²) in [5, 5.41) is 17.7. The molecule has 7 nitrogen and oxygen atoms in total. The van der Waals surface area contributed by atoms with Crippen molar-refractivity contribution < 1.29 is 24.2 Å². The van der Waals surface area contributed by atoms with E-state index in [1.807, 2.05) is 30.3 Å². The van der Waals surface area contributed by atoms with Crippen LogP contribution in [0.3, 0.4) is 0 Å². The van der Waals surface area contributed by atoms with E-state index in [0.717, 1.165) is 41.2 Å². The fourth-order valence-corrected chi connectivity index (χ4v) is 4.58. The highest BCUT2D eigenvalue weighted by Gasteiger charge is 2.18. The Hall–Kier alpha value is -3.58. The summed E-state index contributed by atoms with van der Waals surface area (Å²) in [4.78, 5) is 25.4. The lowest BCUT2D eigenvalue weighted by Crippen LogP contribution is -2.27. The van der Waals surface area contributed by atoms with Crippen LogP contribution in [-0.4, -0.2) is 29.4 Å². The van der Waals surface area contributed by atoms with Gasteiger partial charge in [0.2, 0.25) is 0 Å². The number of ether oxygens (including phenoxy) is 2. The molecule has 0 heterocycles. The molecule has 0 fully saturated rings. The van der Waals surface area contributed by atoms with Crippen LogP contribution in [0.5, 0.6) is 0 Å². The molecule has 0 aliphatic carbocycles. The molecule has 0 unspecified atom stereocenters. The van der Waals surface area contributed by atoms with Crippen LogP contribution in [0.1, 0.15) is 101 Å². The maximum absolute atomic E-state index is 12.9. The number of amides is 1. The number of carbonyl (C=O) groups is 2. The van der Waals surface area contributed by atoms with E-state index < -0.39 is 17.7 Å². The van der Waals surface area contributed by atoms with Crippen LogP contribution >= 0.6 is 0 Å². The van der Waals surface area contributed by atoms with Crippen LogP contribution in [0.2, 0.25) is 0 Å². The molecule has 0 saturated heterocycles. The molecule has 7 heteroatoms. The highest BCUT2D eigenvalue weighted by Crippen LogP contribution is 2.23. The van der Waals surface area contributed by atoms with Crippen molar-refractivity contribution in [3.8, 4) is 0 Å². The van der Waals surface area contributed by atoms with Crippen molar-refractivity contribution in [3.63, 3.8) is 0 Å². The Morgan fingerprint density at radius 2 is 1.41 bits per heavy atom. The SMILES string of the molecule is CCCCCCCCCCOC(=O)c1cc(NCc2ccc3ccc(CO)cc3c2)cc(NC(=O)OC(C)(C)C)c1. The Morgan fingerprint density at radius 3 is 2.10 bits per heavy atom. The zero-order chi connectivity index (χ0) is 29.7. The zero-order valence-corrected chi connectivity index (χ0v) is 25.1. The van der Waals surface area contributed by atoms with Gasteiger partial charge in [-0.05, 0) is 79.4 Å². The molecule has 0 aromatic heterocycles. The van der Waals surface area contributed by atoms with E-state index in [4.69, 9.17) is 9.47 Å². The number of esters is 1. The number of hydrogen-bond acceptors (Lipinski definition) is 6. The first-order valence-electron chi connectivity index (χ1n) is 14.9. The summed E-state index contributed by atoms with van der Waals surface area (Å²) in [5.41, 5.74) is 2.71. The summed E-state index contributed by atoms with van der Waals surface area (Å²) in [5.74, 6) is -0.425. The lowest BCUT2D eigenvalue weighted by molar-refractivity contribution is 0.0496. The van der Waals surface area contributed by atoms with Crippen molar-refractivity contribution in [2.45, 2.75) is 97.8 Å². The molecule has 0 aliphatic rings. The Balaban J connectivity index is 1.66.